The number of benzene rings is 1. The zero-order chi connectivity index (χ0) is 15.2. The summed E-state index contributed by atoms with van der Waals surface area (Å²) in [5.41, 5.74) is 1.24. The summed E-state index contributed by atoms with van der Waals surface area (Å²) in [6, 6.07) is 11.6. The van der Waals surface area contributed by atoms with Gasteiger partial charge in [0, 0.05) is 18.3 Å². The van der Waals surface area contributed by atoms with Crippen molar-refractivity contribution in [3.63, 3.8) is 0 Å². The highest BCUT2D eigenvalue weighted by atomic mass is 19.1. The average molecular weight is 284 g/mol. The van der Waals surface area contributed by atoms with Crippen LogP contribution >= 0.6 is 0 Å². The first-order valence-corrected chi connectivity index (χ1v) is 6.76. The van der Waals surface area contributed by atoms with Gasteiger partial charge in [-0.05, 0) is 49.8 Å². The molecule has 0 spiro atoms. The summed E-state index contributed by atoms with van der Waals surface area (Å²) < 4.78 is 14.6. The van der Waals surface area contributed by atoms with Crippen molar-refractivity contribution in [2.45, 2.75) is 19.9 Å². The van der Waals surface area contributed by atoms with Crippen LogP contribution in [0.3, 0.4) is 0 Å². The van der Waals surface area contributed by atoms with Crippen LogP contribution < -0.4 is 5.49 Å². The van der Waals surface area contributed by atoms with Crippen LogP contribution in [0.5, 0.6) is 0 Å². The van der Waals surface area contributed by atoms with Crippen LogP contribution in [0.15, 0.2) is 59.7 Å². The molecule has 0 aliphatic carbocycles. The van der Waals surface area contributed by atoms with Crippen molar-refractivity contribution in [3.05, 3.63) is 71.6 Å². The Labute approximate surface area is 123 Å². The Morgan fingerprint density at radius 1 is 1.24 bits per heavy atom. The second-order valence-electron chi connectivity index (χ2n) is 4.88. The first kappa shape index (κ1) is 14.9. The third kappa shape index (κ3) is 4.24. The van der Waals surface area contributed by atoms with Crippen LogP contribution in [0.25, 0.3) is 6.08 Å². The van der Waals surface area contributed by atoms with Crippen LogP contribution in [0.4, 0.5) is 4.39 Å². The van der Waals surface area contributed by atoms with Crippen molar-refractivity contribution in [3.8, 4) is 0 Å². The Morgan fingerprint density at radius 2 is 2.05 bits per heavy atom. The van der Waals surface area contributed by atoms with Gasteiger partial charge in [0.25, 0.3) is 5.91 Å². The maximum atomic E-state index is 13.1. The Kier molecular flexibility index (Phi) is 4.82. The Bertz CT molecular complexity index is 729. The number of carbonyl (C=O) groups excluding carboxylic acids is 1. The molecule has 3 nitrogen and oxygen atoms in total. The Morgan fingerprint density at radius 3 is 2.76 bits per heavy atom. The summed E-state index contributed by atoms with van der Waals surface area (Å²) in [4.78, 5) is 16.6. The summed E-state index contributed by atoms with van der Waals surface area (Å²) >= 11 is 0. The van der Waals surface area contributed by atoms with E-state index in [0.29, 0.717) is 11.1 Å². The minimum absolute atomic E-state index is 0.0960. The van der Waals surface area contributed by atoms with E-state index in [-0.39, 0.29) is 17.8 Å². The second-order valence-corrected chi connectivity index (χ2v) is 4.88. The molecule has 0 bridgehead atoms. The molecule has 2 rings (SSSR count). The third-order valence-corrected chi connectivity index (χ3v) is 2.73. The monoisotopic (exact) mass is 284 g/mol. The minimum Gasteiger partial charge on any atom is -0.269 e. The molecule has 1 aromatic heterocycles. The van der Waals surface area contributed by atoms with E-state index >= 15 is 0 Å². The largest absolute Gasteiger partial charge is 0.269 e. The SMILES string of the molecule is CC(C)N=c1ccccn1C(=O)/C=C/c1cccc(F)c1. The molecule has 0 fully saturated rings. The average Bonchev–Trinajstić information content (AvgIpc) is 2.45. The zero-order valence-corrected chi connectivity index (χ0v) is 12.0. The van der Waals surface area contributed by atoms with Crippen molar-refractivity contribution in [1.82, 2.24) is 4.57 Å². The van der Waals surface area contributed by atoms with E-state index < -0.39 is 0 Å². The van der Waals surface area contributed by atoms with Crippen molar-refractivity contribution >= 4 is 12.0 Å². The highest BCUT2D eigenvalue weighted by Crippen LogP contribution is 2.05. The van der Waals surface area contributed by atoms with Gasteiger partial charge in [-0.2, -0.15) is 0 Å². The lowest BCUT2D eigenvalue weighted by Crippen LogP contribution is -2.26. The lowest BCUT2D eigenvalue weighted by atomic mass is 10.2. The maximum Gasteiger partial charge on any atom is 0.256 e. The van der Waals surface area contributed by atoms with Crippen LogP contribution in [0, 0.1) is 5.82 Å². The molecule has 1 heterocycles. The van der Waals surface area contributed by atoms with Gasteiger partial charge in [-0.1, -0.05) is 18.2 Å². The van der Waals surface area contributed by atoms with E-state index in [1.165, 1.54) is 22.8 Å². The van der Waals surface area contributed by atoms with Crippen molar-refractivity contribution < 1.29 is 9.18 Å². The quantitative estimate of drug-likeness (QED) is 0.796. The van der Waals surface area contributed by atoms with Gasteiger partial charge in [0.05, 0.1) is 0 Å². The zero-order valence-electron chi connectivity index (χ0n) is 12.0. The summed E-state index contributed by atoms with van der Waals surface area (Å²) in [5.74, 6) is -0.549. The third-order valence-electron chi connectivity index (χ3n) is 2.73. The number of hydrogen-bond acceptors (Lipinski definition) is 2. The van der Waals surface area contributed by atoms with Crippen molar-refractivity contribution in [2.24, 2.45) is 4.99 Å². The smallest absolute Gasteiger partial charge is 0.256 e. The first-order valence-electron chi connectivity index (χ1n) is 6.76. The predicted molar refractivity (Wildman–Crippen MR) is 81.2 cm³/mol. The van der Waals surface area contributed by atoms with E-state index in [0.717, 1.165) is 0 Å². The van der Waals surface area contributed by atoms with Crippen molar-refractivity contribution in [1.29, 1.82) is 0 Å². The number of halogens is 1. The summed E-state index contributed by atoms with van der Waals surface area (Å²) in [5, 5.41) is 0. The lowest BCUT2D eigenvalue weighted by Gasteiger charge is -2.04. The molecule has 0 radical (unpaired) electrons. The van der Waals surface area contributed by atoms with E-state index in [9.17, 15) is 9.18 Å². The molecule has 0 saturated heterocycles. The van der Waals surface area contributed by atoms with Gasteiger partial charge < -0.3 is 0 Å². The van der Waals surface area contributed by atoms with Crippen LogP contribution in [0.1, 0.15) is 24.2 Å². The number of hydrogen-bond donors (Lipinski definition) is 0. The number of carbonyl (C=O) groups is 1. The van der Waals surface area contributed by atoms with E-state index in [2.05, 4.69) is 4.99 Å². The fraction of sp³-hybridized carbons (Fsp3) is 0.176. The molecule has 1 aromatic carbocycles. The first-order chi connectivity index (χ1) is 10.1. The molecule has 0 unspecified atom stereocenters. The summed E-state index contributed by atoms with van der Waals surface area (Å²) in [6.07, 6.45) is 4.66. The normalized spacial score (nSPS) is 12.3. The number of pyridine rings is 1. The van der Waals surface area contributed by atoms with Gasteiger partial charge in [-0.15, -0.1) is 0 Å². The fourth-order valence-corrected chi connectivity index (χ4v) is 1.85. The Hall–Kier alpha value is -2.49. The lowest BCUT2D eigenvalue weighted by molar-refractivity contribution is 0.0964. The molecule has 2 aromatic rings. The van der Waals surface area contributed by atoms with E-state index in [1.807, 2.05) is 19.9 Å². The molecule has 21 heavy (non-hydrogen) atoms. The predicted octanol–water partition coefficient (Wildman–Crippen LogP) is 3.29. The molecule has 4 heteroatoms. The number of aromatic nitrogens is 1. The molecular formula is C17H17FN2O. The van der Waals surface area contributed by atoms with Gasteiger partial charge in [0.15, 0.2) is 0 Å². The molecule has 108 valence electrons. The fourth-order valence-electron chi connectivity index (χ4n) is 1.85. The molecule has 0 atom stereocenters. The van der Waals surface area contributed by atoms with Gasteiger partial charge in [0.1, 0.15) is 11.3 Å². The topological polar surface area (TPSA) is 34.4 Å². The molecular weight excluding hydrogens is 267 g/mol. The molecule has 0 aliphatic heterocycles. The molecule has 0 N–H and O–H groups in total. The standard InChI is InChI=1S/C17H17FN2O/c1-13(2)19-16-8-3-4-11-20(16)17(21)10-9-14-6-5-7-15(18)12-14/h3-13H,1-2H3/b10-9+,19-16?. The van der Waals surface area contributed by atoms with Crippen LogP contribution in [-0.2, 0) is 0 Å². The summed E-state index contributed by atoms with van der Waals surface area (Å²) in [7, 11) is 0. The Balaban J connectivity index is 2.29. The van der Waals surface area contributed by atoms with Gasteiger partial charge in [-0.3, -0.25) is 14.4 Å². The van der Waals surface area contributed by atoms with Gasteiger partial charge >= 0.3 is 0 Å². The number of nitrogens with zero attached hydrogens (tertiary/aromatic N) is 2. The van der Waals surface area contributed by atoms with E-state index in [4.69, 9.17) is 0 Å². The van der Waals surface area contributed by atoms with Crippen molar-refractivity contribution in [2.75, 3.05) is 0 Å². The second kappa shape index (κ2) is 6.79. The molecule has 0 amide bonds. The maximum absolute atomic E-state index is 13.1. The highest BCUT2D eigenvalue weighted by Gasteiger charge is 2.01. The van der Waals surface area contributed by atoms with Gasteiger partial charge in [-0.25, -0.2) is 4.39 Å². The van der Waals surface area contributed by atoms with Crippen LogP contribution in [-0.4, -0.2) is 16.5 Å². The molecule has 0 aliphatic rings. The van der Waals surface area contributed by atoms with Crippen LogP contribution in [0.2, 0.25) is 0 Å². The highest BCUT2D eigenvalue weighted by molar-refractivity contribution is 5.93. The summed E-state index contributed by atoms with van der Waals surface area (Å²) in [6.45, 7) is 3.90. The minimum atomic E-state index is -0.326. The van der Waals surface area contributed by atoms with Gasteiger partial charge in [0.2, 0.25) is 0 Å². The number of rotatable bonds is 3. The van der Waals surface area contributed by atoms with E-state index in [1.54, 1.807) is 36.5 Å². The molecule has 0 saturated carbocycles. The number of allylic oxidation sites excluding steroid dienone is 1.